The number of rotatable bonds is 9. The molecule has 4 amide bonds. The van der Waals surface area contributed by atoms with Crippen LogP contribution in [0.4, 0.5) is 34.5 Å². The van der Waals surface area contributed by atoms with Crippen molar-refractivity contribution in [3.05, 3.63) is 89.1 Å². The Morgan fingerprint density at radius 3 is 2.30 bits per heavy atom. The molecular weight excluding hydrogens is 723 g/mol. The predicted molar refractivity (Wildman–Crippen MR) is 217 cm³/mol. The molecule has 4 aliphatic rings. The van der Waals surface area contributed by atoms with Gasteiger partial charge in [0.1, 0.15) is 6.04 Å². The third-order valence-electron chi connectivity index (χ3n) is 11.8. The van der Waals surface area contributed by atoms with Crippen molar-refractivity contribution >= 4 is 69.2 Å². The zero-order chi connectivity index (χ0) is 39.4. The number of piperidine rings is 1. The van der Waals surface area contributed by atoms with Crippen LogP contribution in [0.5, 0.6) is 0 Å². The Kier molecular flexibility index (Phi) is 9.31. The number of imide groups is 2. The zero-order valence-electron chi connectivity index (χ0n) is 32.3. The molecule has 2 atom stereocenters. The number of hydrogen-bond acceptors (Lipinski definition) is 12. The molecule has 0 spiro atoms. The molecule has 0 saturated carbocycles. The van der Waals surface area contributed by atoms with E-state index in [1.165, 1.54) is 5.69 Å². The molecule has 3 N–H and O–H groups in total. The van der Waals surface area contributed by atoms with E-state index < -0.39 is 23.8 Å². The van der Waals surface area contributed by atoms with Gasteiger partial charge in [0.15, 0.2) is 11.5 Å². The summed E-state index contributed by atoms with van der Waals surface area (Å²) in [4.78, 5) is 68.2. The van der Waals surface area contributed by atoms with Gasteiger partial charge in [-0.15, -0.1) is 0 Å². The number of fused-ring (bicyclic) bond motifs is 2. The Bertz CT molecular complexity index is 2400. The number of nitrogens with one attached hydrogen (secondary N) is 3. The maximum atomic E-state index is 13.4. The summed E-state index contributed by atoms with van der Waals surface area (Å²) in [6, 6.07) is 19.0. The van der Waals surface area contributed by atoms with E-state index in [4.69, 9.17) is 4.98 Å². The first-order chi connectivity index (χ1) is 27.6. The molecule has 3 saturated heterocycles. The summed E-state index contributed by atoms with van der Waals surface area (Å²) in [6.07, 6.45) is 3.10. The number of hydrogen-bond donors (Lipinski definition) is 3. The summed E-state index contributed by atoms with van der Waals surface area (Å²) in [5, 5.41) is 14.6. The van der Waals surface area contributed by atoms with Gasteiger partial charge in [-0.2, -0.15) is 10.1 Å². The highest BCUT2D eigenvalue weighted by atomic mass is 16.2. The third-order valence-corrected chi connectivity index (χ3v) is 11.8. The highest BCUT2D eigenvalue weighted by molar-refractivity contribution is 6.23. The predicted octanol–water partition coefficient (Wildman–Crippen LogP) is 4.52. The van der Waals surface area contributed by atoms with E-state index in [-0.39, 0.29) is 18.7 Å². The van der Waals surface area contributed by atoms with Gasteiger partial charge in [0.05, 0.1) is 16.5 Å². The number of nitrogens with zero attached hydrogens (tertiary/aromatic N) is 8. The number of carbonyl (C=O) groups is 4. The lowest BCUT2D eigenvalue weighted by Gasteiger charge is -2.37. The Morgan fingerprint density at radius 2 is 1.54 bits per heavy atom. The zero-order valence-corrected chi connectivity index (χ0v) is 32.3. The lowest BCUT2D eigenvalue weighted by atomic mass is 10.0. The lowest BCUT2D eigenvalue weighted by Crippen LogP contribution is -2.54. The van der Waals surface area contributed by atoms with Crippen LogP contribution in [-0.4, -0.2) is 105 Å². The van der Waals surface area contributed by atoms with Gasteiger partial charge in [0, 0.05) is 88.2 Å². The van der Waals surface area contributed by atoms with Crippen LogP contribution in [0.15, 0.2) is 66.9 Å². The Balaban J connectivity index is 0.766. The number of aromatic nitrogens is 4. The molecule has 5 aromatic rings. The van der Waals surface area contributed by atoms with Crippen molar-refractivity contribution in [1.29, 1.82) is 0 Å². The van der Waals surface area contributed by atoms with Gasteiger partial charge in [-0.25, -0.2) is 9.67 Å². The molecule has 2 aromatic heterocycles. The summed E-state index contributed by atoms with van der Waals surface area (Å²) in [5.41, 5.74) is 7.69. The van der Waals surface area contributed by atoms with Crippen molar-refractivity contribution in [1.82, 2.24) is 34.9 Å². The summed E-state index contributed by atoms with van der Waals surface area (Å²) >= 11 is 0. The fourth-order valence-electron chi connectivity index (χ4n) is 8.63. The molecule has 1 unspecified atom stereocenters. The summed E-state index contributed by atoms with van der Waals surface area (Å²) in [5.74, 6) is -0.219. The molecular formula is C42H45N11O4. The first kappa shape index (κ1) is 36.3. The molecule has 3 aromatic carbocycles. The topological polar surface area (TPSA) is 161 Å². The number of amides is 4. The van der Waals surface area contributed by atoms with Gasteiger partial charge in [0.25, 0.3) is 11.8 Å². The SMILES string of the molecule is Cc1cccc(C)c1Nc1nn(C)c2nc(Nc3ccc(N4CCN(C[C@H]5CCN(c6ccc7c(c6)C(=O)N(C6CCC(=O)NC6=O)C7=O)C5)CC4)cc3)ncc12. The van der Waals surface area contributed by atoms with E-state index in [9.17, 15) is 19.2 Å². The van der Waals surface area contributed by atoms with Gasteiger partial charge in [-0.3, -0.25) is 34.3 Å². The second kappa shape index (κ2) is 14.6. The van der Waals surface area contributed by atoms with Crippen molar-refractivity contribution in [2.45, 2.75) is 39.2 Å². The van der Waals surface area contributed by atoms with Gasteiger partial charge < -0.3 is 20.4 Å². The Morgan fingerprint density at radius 1 is 0.807 bits per heavy atom. The Labute approximate surface area is 330 Å². The second-order valence-corrected chi connectivity index (χ2v) is 15.5. The average molecular weight is 768 g/mol. The first-order valence-electron chi connectivity index (χ1n) is 19.6. The number of benzene rings is 3. The number of para-hydroxylation sites is 1. The third kappa shape index (κ3) is 6.92. The van der Waals surface area contributed by atoms with Crippen LogP contribution in [0.2, 0.25) is 0 Å². The maximum Gasteiger partial charge on any atom is 0.262 e. The molecule has 3 fully saturated rings. The summed E-state index contributed by atoms with van der Waals surface area (Å²) in [7, 11) is 1.89. The van der Waals surface area contributed by atoms with E-state index in [0.717, 1.165) is 102 Å². The minimum Gasteiger partial charge on any atom is -0.371 e. The van der Waals surface area contributed by atoms with Crippen molar-refractivity contribution in [2.24, 2.45) is 13.0 Å². The first-order valence-corrected chi connectivity index (χ1v) is 19.6. The molecule has 0 bridgehead atoms. The van der Waals surface area contributed by atoms with Crippen LogP contribution in [0, 0.1) is 19.8 Å². The number of carbonyl (C=O) groups excluding carboxylic acids is 4. The van der Waals surface area contributed by atoms with Crippen LogP contribution >= 0.6 is 0 Å². The fourth-order valence-corrected chi connectivity index (χ4v) is 8.63. The van der Waals surface area contributed by atoms with E-state index in [1.807, 2.05) is 25.4 Å². The quantitative estimate of drug-likeness (QED) is 0.180. The number of anilines is 6. The van der Waals surface area contributed by atoms with Crippen LogP contribution in [0.25, 0.3) is 11.0 Å². The smallest absolute Gasteiger partial charge is 0.262 e. The standard InChI is InChI=1S/C42H45N11O4/c1-25-5-4-6-26(2)36(25)46-37-33-22-43-42(47-38(33)49(3)48-37)44-28-7-9-29(10-8-28)51-19-17-50(18-20-51)23-27-15-16-52(24-27)30-11-12-31-32(21-30)41(57)53(40(31)56)34-13-14-35(54)45-39(34)55/h4-12,21-22,27,34H,13-20,23-24H2,1-3H3,(H,46,48)(H,43,44,47)(H,45,54,55)/t27-,34?/m1/s1. The summed E-state index contributed by atoms with van der Waals surface area (Å²) < 4.78 is 1.77. The van der Waals surface area contributed by atoms with E-state index >= 15 is 0 Å². The Hall–Kier alpha value is -6.35. The minimum absolute atomic E-state index is 0.0990. The average Bonchev–Trinajstić information content (AvgIpc) is 3.87. The second-order valence-electron chi connectivity index (χ2n) is 15.5. The van der Waals surface area contributed by atoms with Crippen LogP contribution in [0.1, 0.15) is 51.1 Å². The van der Waals surface area contributed by atoms with Gasteiger partial charge in [-0.05, 0) is 86.2 Å². The van der Waals surface area contributed by atoms with Crippen molar-refractivity contribution < 1.29 is 19.2 Å². The summed E-state index contributed by atoms with van der Waals surface area (Å²) in [6.45, 7) is 10.7. The van der Waals surface area contributed by atoms with Crippen LogP contribution < -0.4 is 25.8 Å². The molecule has 57 heavy (non-hydrogen) atoms. The normalized spacial score (nSPS) is 20.1. The van der Waals surface area contributed by atoms with Crippen molar-refractivity contribution in [3.63, 3.8) is 0 Å². The number of aryl methyl sites for hydroxylation is 3. The van der Waals surface area contributed by atoms with E-state index in [0.29, 0.717) is 23.0 Å². The highest BCUT2D eigenvalue weighted by Crippen LogP contribution is 2.34. The monoisotopic (exact) mass is 767 g/mol. The molecule has 0 aliphatic carbocycles. The van der Waals surface area contributed by atoms with Crippen molar-refractivity contribution in [2.75, 3.05) is 66.2 Å². The molecule has 15 nitrogen and oxygen atoms in total. The highest BCUT2D eigenvalue weighted by Gasteiger charge is 2.45. The maximum absolute atomic E-state index is 13.4. The molecule has 4 aliphatic heterocycles. The van der Waals surface area contributed by atoms with Crippen molar-refractivity contribution in [3.8, 4) is 0 Å². The molecule has 6 heterocycles. The van der Waals surface area contributed by atoms with E-state index in [2.05, 4.69) is 91.0 Å². The lowest BCUT2D eigenvalue weighted by molar-refractivity contribution is -0.136. The number of piperazine rings is 1. The molecule has 0 radical (unpaired) electrons. The van der Waals surface area contributed by atoms with Gasteiger partial charge in [-0.1, -0.05) is 18.2 Å². The molecule has 15 heteroatoms. The molecule has 9 rings (SSSR count). The van der Waals surface area contributed by atoms with Crippen LogP contribution in [-0.2, 0) is 16.6 Å². The van der Waals surface area contributed by atoms with Gasteiger partial charge in [0.2, 0.25) is 17.8 Å². The van der Waals surface area contributed by atoms with Gasteiger partial charge >= 0.3 is 0 Å². The minimum atomic E-state index is -0.965. The fraction of sp³-hybridized carbons (Fsp3) is 0.357. The van der Waals surface area contributed by atoms with E-state index in [1.54, 1.807) is 16.8 Å². The largest absolute Gasteiger partial charge is 0.371 e. The molecule has 292 valence electrons. The van der Waals surface area contributed by atoms with Crippen LogP contribution in [0.3, 0.4) is 0 Å².